The Morgan fingerprint density at radius 2 is 1.96 bits per heavy atom. The number of nitrogens with zero attached hydrogens (tertiary/aromatic N) is 4. The normalized spacial score (nSPS) is 15.6. The molecular weight excluding hydrogens is 354 g/mol. The number of nitrogens with one attached hydrogen (secondary N) is 1. The third-order valence-corrected chi connectivity index (χ3v) is 4.72. The van der Waals surface area contributed by atoms with Gasteiger partial charge in [-0.3, -0.25) is 14.7 Å². The Bertz CT molecular complexity index is 802. The Balaban J connectivity index is 1.70. The van der Waals surface area contributed by atoms with E-state index < -0.39 is 0 Å². The van der Waals surface area contributed by atoms with Gasteiger partial charge in [-0.2, -0.15) is 5.10 Å². The Kier molecular flexibility index (Phi) is 7.11. The number of hydrogen-bond donors (Lipinski definition) is 1. The molecule has 0 spiro atoms. The van der Waals surface area contributed by atoms with Gasteiger partial charge in [-0.25, -0.2) is 5.43 Å². The van der Waals surface area contributed by atoms with Crippen LogP contribution < -0.4 is 10.2 Å². The quantitative estimate of drug-likeness (QED) is 0.587. The number of ether oxygens (including phenoxy) is 1. The van der Waals surface area contributed by atoms with Crippen molar-refractivity contribution in [1.82, 2.24) is 20.2 Å². The van der Waals surface area contributed by atoms with Crippen LogP contribution in [-0.4, -0.2) is 66.7 Å². The first-order valence-corrected chi connectivity index (χ1v) is 9.56. The number of likely N-dealkylation sites (N-methyl/N-ethyl adjacent to an activating group) is 1. The highest BCUT2D eigenvalue weighted by Gasteiger charge is 2.17. The Labute approximate surface area is 166 Å². The lowest BCUT2D eigenvalue weighted by atomic mass is 10.1. The zero-order chi connectivity index (χ0) is 19.8. The molecular formula is C21H27N5O2. The van der Waals surface area contributed by atoms with Gasteiger partial charge in [-0.05, 0) is 32.2 Å². The highest BCUT2D eigenvalue weighted by atomic mass is 16.5. The van der Waals surface area contributed by atoms with Gasteiger partial charge in [0.2, 0.25) is 0 Å². The lowest BCUT2D eigenvalue weighted by Gasteiger charge is -2.32. The zero-order valence-corrected chi connectivity index (χ0v) is 16.5. The van der Waals surface area contributed by atoms with Crippen molar-refractivity contribution in [1.29, 1.82) is 0 Å². The van der Waals surface area contributed by atoms with Crippen molar-refractivity contribution in [3.8, 4) is 5.75 Å². The van der Waals surface area contributed by atoms with Crippen molar-refractivity contribution in [2.75, 3.05) is 39.8 Å². The summed E-state index contributed by atoms with van der Waals surface area (Å²) < 4.78 is 5.92. The van der Waals surface area contributed by atoms with E-state index in [1.165, 1.54) is 0 Å². The van der Waals surface area contributed by atoms with E-state index in [0.29, 0.717) is 12.2 Å². The molecule has 1 aromatic carbocycles. The molecule has 3 rings (SSSR count). The van der Waals surface area contributed by atoms with E-state index in [0.717, 1.165) is 49.6 Å². The van der Waals surface area contributed by atoms with Gasteiger partial charge in [0.1, 0.15) is 5.75 Å². The second kappa shape index (κ2) is 9.96. The van der Waals surface area contributed by atoms with Crippen LogP contribution in [0.5, 0.6) is 5.75 Å². The van der Waals surface area contributed by atoms with Gasteiger partial charge in [0.15, 0.2) is 0 Å². The van der Waals surface area contributed by atoms with Crippen molar-refractivity contribution in [2.45, 2.75) is 13.5 Å². The molecule has 1 fully saturated rings. The molecule has 0 radical (unpaired) electrons. The fourth-order valence-corrected chi connectivity index (χ4v) is 3.13. The predicted octanol–water partition coefficient (Wildman–Crippen LogP) is 1.99. The molecule has 1 amide bonds. The first-order valence-electron chi connectivity index (χ1n) is 9.56. The molecule has 0 saturated carbocycles. The highest BCUT2D eigenvalue weighted by molar-refractivity contribution is 5.95. The van der Waals surface area contributed by atoms with Gasteiger partial charge in [0.25, 0.3) is 5.91 Å². The van der Waals surface area contributed by atoms with Gasteiger partial charge in [-0.1, -0.05) is 12.1 Å². The molecule has 7 nitrogen and oxygen atoms in total. The van der Waals surface area contributed by atoms with E-state index in [1.807, 2.05) is 19.1 Å². The topological polar surface area (TPSA) is 70.1 Å². The summed E-state index contributed by atoms with van der Waals surface area (Å²) in [6.07, 6.45) is 4.79. The number of rotatable bonds is 7. The molecule has 1 N–H and O–H groups in total. The van der Waals surface area contributed by atoms with E-state index in [2.05, 4.69) is 38.4 Å². The van der Waals surface area contributed by atoms with Crippen LogP contribution in [0, 0.1) is 0 Å². The first-order chi connectivity index (χ1) is 13.7. The van der Waals surface area contributed by atoms with E-state index in [1.54, 1.807) is 30.7 Å². The zero-order valence-electron chi connectivity index (χ0n) is 16.5. The summed E-state index contributed by atoms with van der Waals surface area (Å²) in [5, 5.41) is 4.11. The minimum absolute atomic E-state index is 0.273. The monoisotopic (exact) mass is 381 g/mol. The summed E-state index contributed by atoms with van der Waals surface area (Å²) in [5.41, 5.74) is 5.05. The van der Waals surface area contributed by atoms with Gasteiger partial charge < -0.3 is 9.64 Å². The van der Waals surface area contributed by atoms with E-state index in [-0.39, 0.29) is 5.91 Å². The van der Waals surface area contributed by atoms with Gasteiger partial charge in [0, 0.05) is 61.8 Å². The summed E-state index contributed by atoms with van der Waals surface area (Å²) >= 11 is 0. The van der Waals surface area contributed by atoms with Gasteiger partial charge in [-0.15, -0.1) is 0 Å². The molecule has 0 aliphatic carbocycles. The molecule has 1 aliphatic heterocycles. The van der Waals surface area contributed by atoms with Crippen LogP contribution >= 0.6 is 0 Å². The van der Waals surface area contributed by atoms with Crippen LogP contribution in [-0.2, 0) is 6.54 Å². The smallest absolute Gasteiger partial charge is 0.271 e. The van der Waals surface area contributed by atoms with Crippen molar-refractivity contribution in [3.05, 3.63) is 59.4 Å². The molecule has 1 saturated heterocycles. The van der Waals surface area contributed by atoms with Crippen LogP contribution in [0.3, 0.4) is 0 Å². The van der Waals surface area contributed by atoms with E-state index >= 15 is 0 Å². The lowest BCUT2D eigenvalue weighted by Crippen LogP contribution is -2.43. The number of hydrazone groups is 1. The molecule has 28 heavy (non-hydrogen) atoms. The largest absolute Gasteiger partial charge is 0.493 e. The molecule has 1 aromatic heterocycles. The minimum atomic E-state index is -0.273. The number of amides is 1. The second-order valence-corrected chi connectivity index (χ2v) is 6.78. The summed E-state index contributed by atoms with van der Waals surface area (Å²) in [6.45, 7) is 7.63. The van der Waals surface area contributed by atoms with Crippen molar-refractivity contribution < 1.29 is 9.53 Å². The highest BCUT2D eigenvalue weighted by Crippen LogP contribution is 2.25. The number of benzene rings is 1. The van der Waals surface area contributed by atoms with Crippen LogP contribution in [0.1, 0.15) is 28.4 Å². The maximum atomic E-state index is 12.1. The number of para-hydroxylation sites is 1. The molecule has 7 heteroatoms. The van der Waals surface area contributed by atoms with Crippen LogP contribution in [0.4, 0.5) is 0 Å². The fraction of sp³-hybridized carbons (Fsp3) is 0.381. The number of hydrogen-bond acceptors (Lipinski definition) is 6. The first kappa shape index (κ1) is 20.0. The third-order valence-electron chi connectivity index (χ3n) is 4.72. The number of pyridine rings is 1. The van der Waals surface area contributed by atoms with Crippen LogP contribution in [0.15, 0.2) is 47.8 Å². The number of carbonyl (C=O) groups excluding carboxylic acids is 1. The number of carbonyl (C=O) groups is 1. The van der Waals surface area contributed by atoms with E-state index in [4.69, 9.17) is 4.74 Å². The molecule has 0 atom stereocenters. The van der Waals surface area contributed by atoms with Crippen molar-refractivity contribution >= 4 is 12.1 Å². The van der Waals surface area contributed by atoms with Gasteiger partial charge in [0.05, 0.1) is 12.8 Å². The van der Waals surface area contributed by atoms with Gasteiger partial charge >= 0.3 is 0 Å². The maximum absolute atomic E-state index is 12.1. The minimum Gasteiger partial charge on any atom is -0.493 e. The average Bonchev–Trinajstić information content (AvgIpc) is 2.72. The van der Waals surface area contributed by atoms with Crippen molar-refractivity contribution in [3.63, 3.8) is 0 Å². The summed E-state index contributed by atoms with van der Waals surface area (Å²) in [4.78, 5) is 20.8. The molecule has 0 unspecified atom stereocenters. The number of piperazine rings is 1. The Hall–Kier alpha value is -2.77. The van der Waals surface area contributed by atoms with Crippen LogP contribution in [0.2, 0.25) is 0 Å². The summed E-state index contributed by atoms with van der Waals surface area (Å²) in [5.74, 6) is 0.552. The lowest BCUT2D eigenvalue weighted by molar-refractivity contribution is 0.0955. The van der Waals surface area contributed by atoms with E-state index in [9.17, 15) is 4.79 Å². The average molecular weight is 381 g/mol. The van der Waals surface area contributed by atoms with Crippen molar-refractivity contribution in [2.24, 2.45) is 5.10 Å². The molecule has 0 bridgehead atoms. The third kappa shape index (κ3) is 5.37. The standard InChI is InChI=1S/C21H27N5O2/c1-3-28-20-18(15-23-24-21(27)17-7-9-22-10-8-17)5-4-6-19(20)16-26-13-11-25(2)12-14-26/h4-10,15H,3,11-14,16H2,1-2H3,(H,24,27)/b23-15-. The second-order valence-electron chi connectivity index (χ2n) is 6.78. The summed E-state index contributed by atoms with van der Waals surface area (Å²) in [7, 11) is 2.15. The molecule has 1 aliphatic rings. The number of aromatic nitrogens is 1. The Morgan fingerprint density at radius 3 is 2.68 bits per heavy atom. The predicted molar refractivity (Wildman–Crippen MR) is 110 cm³/mol. The Morgan fingerprint density at radius 1 is 1.21 bits per heavy atom. The SMILES string of the molecule is CCOc1c(/C=N\NC(=O)c2ccncc2)cccc1CN1CCN(C)CC1. The molecule has 2 aromatic rings. The maximum Gasteiger partial charge on any atom is 0.271 e. The molecule has 2 heterocycles. The molecule has 148 valence electrons. The van der Waals surface area contributed by atoms with Crippen LogP contribution in [0.25, 0.3) is 0 Å². The summed E-state index contributed by atoms with van der Waals surface area (Å²) in [6, 6.07) is 9.33. The fourth-order valence-electron chi connectivity index (χ4n) is 3.13.